The Hall–Kier alpha value is -1.95. The highest BCUT2D eigenvalue weighted by Crippen LogP contribution is 2.19. The van der Waals surface area contributed by atoms with Crippen LogP contribution in [-0.2, 0) is 13.0 Å². The van der Waals surface area contributed by atoms with Gasteiger partial charge in [0.05, 0.1) is 10.7 Å². The fourth-order valence-corrected chi connectivity index (χ4v) is 2.72. The van der Waals surface area contributed by atoms with E-state index in [4.69, 9.17) is 0 Å². The number of hydrogen-bond acceptors (Lipinski definition) is 4. The predicted molar refractivity (Wildman–Crippen MR) is 89.1 cm³/mol. The maximum Gasteiger partial charge on any atom is 0.315 e. The number of thiazole rings is 1. The van der Waals surface area contributed by atoms with Crippen LogP contribution in [0.3, 0.4) is 0 Å². The Labute approximate surface area is 135 Å². The third-order valence-electron chi connectivity index (χ3n) is 3.16. The Morgan fingerprint density at radius 2 is 2.14 bits per heavy atom. The van der Waals surface area contributed by atoms with E-state index in [1.54, 1.807) is 17.5 Å². The van der Waals surface area contributed by atoms with Crippen LogP contribution in [0.25, 0.3) is 0 Å². The van der Waals surface area contributed by atoms with Gasteiger partial charge in [0.15, 0.2) is 0 Å². The van der Waals surface area contributed by atoms with Crippen molar-refractivity contribution in [2.45, 2.75) is 39.7 Å². The number of amides is 2. The number of rotatable bonds is 6. The lowest BCUT2D eigenvalue weighted by molar-refractivity contribution is 0.240. The Bertz CT molecular complexity index is 607. The minimum absolute atomic E-state index is 0.167. The summed E-state index contributed by atoms with van der Waals surface area (Å²) < 4.78 is 0. The molecule has 2 N–H and O–H groups in total. The second-order valence-corrected chi connectivity index (χ2v) is 6.39. The maximum absolute atomic E-state index is 11.7. The standard InChI is InChI=1S/C16H22N4OS/c1-11(2)15-20-14(10-22-15)6-7-17-16(21)19-9-13-5-4-12(3)18-8-13/h4-5,8,10-11H,6-7,9H2,1-3H3,(H2,17,19,21). The molecular weight excluding hydrogens is 296 g/mol. The van der Waals surface area contributed by atoms with Gasteiger partial charge in [0.1, 0.15) is 0 Å². The molecule has 0 aliphatic rings. The van der Waals surface area contributed by atoms with Crippen LogP contribution < -0.4 is 10.6 Å². The van der Waals surface area contributed by atoms with E-state index in [1.165, 1.54) is 0 Å². The number of nitrogens with zero attached hydrogens (tertiary/aromatic N) is 2. The summed E-state index contributed by atoms with van der Waals surface area (Å²) in [5.74, 6) is 0.457. The van der Waals surface area contributed by atoms with E-state index in [0.29, 0.717) is 19.0 Å². The van der Waals surface area contributed by atoms with Crippen molar-refractivity contribution in [3.63, 3.8) is 0 Å². The molecule has 0 bridgehead atoms. The van der Waals surface area contributed by atoms with Gasteiger partial charge >= 0.3 is 6.03 Å². The number of aromatic nitrogens is 2. The van der Waals surface area contributed by atoms with Crippen molar-refractivity contribution in [2.24, 2.45) is 0 Å². The van der Waals surface area contributed by atoms with Gasteiger partial charge < -0.3 is 10.6 Å². The zero-order chi connectivity index (χ0) is 15.9. The molecular formula is C16H22N4OS. The Morgan fingerprint density at radius 1 is 1.32 bits per heavy atom. The van der Waals surface area contributed by atoms with Gasteiger partial charge in [-0.25, -0.2) is 9.78 Å². The molecule has 2 rings (SSSR count). The van der Waals surface area contributed by atoms with Crippen LogP contribution in [0.4, 0.5) is 4.79 Å². The fourth-order valence-electron chi connectivity index (χ4n) is 1.85. The molecule has 2 aromatic rings. The molecule has 0 fully saturated rings. The lowest BCUT2D eigenvalue weighted by Crippen LogP contribution is -2.36. The van der Waals surface area contributed by atoms with E-state index in [0.717, 1.165) is 28.4 Å². The summed E-state index contributed by atoms with van der Waals surface area (Å²) in [4.78, 5) is 20.5. The number of aryl methyl sites for hydroxylation is 1. The van der Waals surface area contributed by atoms with Gasteiger partial charge in [-0.15, -0.1) is 11.3 Å². The number of carbonyl (C=O) groups is 1. The van der Waals surface area contributed by atoms with Crippen LogP contribution in [0.15, 0.2) is 23.7 Å². The fraction of sp³-hybridized carbons (Fsp3) is 0.438. The Balaban J connectivity index is 1.68. The van der Waals surface area contributed by atoms with Gasteiger partial charge in [-0.2, -0.15) is 0 Å². The second kappa shape index (κ2) is 7.89. The molecule has 0 saturated heterocycles. The van der Waals surface area contributed by atoms with Crippen LogP contribution in [0, 0.1) is 6.92 Å². The zero-order valence-corrected chi connectivity index (χ0v) is 14.0. The van der Waals surface area contributed by atoms with E-state index in [9.17, 15) is 4.79 Å². The highest BCUT2D eigenvalue weighted by molar-refractivity contribution is 7.09. The predicted octanol–water partition coefficient (Wildman–Crippen LogP) is 3.01. The summed E-state index contributed by atoms with van der Waals surface area (Å²) in [6, 6.07) is 3.73. The summed E-state index contributed by atoms with van der Waals surface area (Å²) in [6.07, 6.45) is 2.53. The lowest BCUT2D eigenvalue weighted by atomic mass is 10.2. The first-order valence-corrected chi connectivity index (χ1v) is 8.30. The summed E-state index contributed by atoms with van der Waals surface area (Å²) >= 11 is 1.68. The van der Waals surface area contributed by atoms with Crippen LogP contribution in [0.2, 0.25) is 0 Å². The quantitative estimate of drug-likeness (QED) is 0.860. The molecule has 0 aromatic carbocycles. The van der Waals surface area contributed by atoms with Gasteiger partial charge in [0.25, 0.3) is 0 Å². The van der Waals surface area contributed by atoms with Crippen molar-refractivity contribution in [1.29, 1.82) is 0 Å². The lowest BCUT2D eigenvalue weighted by Gasteiger charge is -2.07. The number of hydrogen-bond donors (Lipinski definition) is 2. The van der Waals surface area contributed by atoms with E-state index in [-0.39, 0.29) is 6.03 Å². The summed E-state index contributed by atoms with van der Waals surface area (Å²) in [7, 11) is 0. The smallest absolute Gasteiger partial charge is 0.315 e. The van der Waals surface area contributed by atoms with Gasteiger partial charge in [-0.3, -0.25) is 4.98 Å². The van der Waals surface area contributed by atoms with Crippen molar-refractivity contribution < 1.29 is 4.79 Å². The average Bonchev–Trinajstić information content (AvgIpc) is 2.96. The van der Waals surface area contributed by atoms with Gasteiger partial charge in [-0.1, -0.05) is 19.9 Å². The number of pyridine rings is 1. The van der Waals surface area contributed by atoms with Crippen molar-refractivity contribution in [2.75, 3.05) is 6.54 Å². The molecule has 0 saturated carbocycles. The summed E-state index contributed by atoms with van der Waals surface area (Å²) in [6.45, 7) is 7.27. The molecule has 5 nitrogen and oxygen atoms in total. The molecule has 6 heteroatoms. The van der Waals surface area contributed by atoms with Gasteiger partial charge in [-0.05, 0) is 18.6 Å². The van der Waals surface area contributed by atoms with Crippen LogP contribution >= 0.6 is 11.3 Å². The zero-order valence-electron chi connectivity index (χ0n) is 13.2. The Kier molecular flexibility index (Phi) is 5.89. The van der Waals surface area contributed by atoms with Crippen molar-refractivity contribution in [3.05, 3.63) is 45.7 Å². The molecule has 22 heavy (non-hydrogen) atoms. The maximum atomic E-state index is 11.7. The first-order chi connectivity index (χ1) is 10.5. The highest BCUT2D eigenvalue weighted by atomic mass is 32.1. The molecule has 2 amide bonds. The third-order valence-corrected chi connectivity index (χ3v) is 4.35. The van der Waals surface area contributed by atoms with Crippen molar-refractivity contribution in [1.82, 2.24) is 20.6 Å². The number of nitrogens with one attached hydrogen (secondary N) is 2. The molecule has 0 spiro atoms. The molecule has 0 radical (unpaired) electrons. The van der Waals surface area contributed by atoms with E-state index < -0.39 is 0 Å². The molecule has 2 heterocycles. The highest BCUT2D eigenvalue weighted by Gasteiger charge is 2.06. The van der Waals surface area contributed by atoms with Crippen molar-refractivity contribution in [3.8, 4) is 0 Å². The topological polar surface area (TPSA) is 66.9 Å². The summed E-state index contributed by atoms with van der Waals surface area (Å²) in [5.41, 5.74) is 3.00. The molecule has 0 aliphatic carbocycles. The second-order valence-electron chi connectivity index (χ2n) is 5.50. The molecule has 0 atom stereocenters. The van der Waals surface area contributed by atoms with Crippen molar-refractivity contribution >= 4 is 17.4 Å². The molecule has 0 aliphatic heterocycles. The minimum Gasteiger partial charge on any atom is -0.338 e. The van der Waals surface area contributed by atoms with E-state index in [2.05, 4.69) is 39.8 Å². The number of carbonyl (C=O) groups excluding carboxylic acids is 1. The molecule has 2 aromatic heterocycles. The van der Waals surface area contributed by atoms with Crippen LogP contribution in [0.1, 0.15) is 41.7 Å². The average molecular weight is 318 g/mol. The third kappa shape index (κ3) is 5.11. The summed E-state index contributed by atoms with van der Waals surface area (Å²) in [5, 5.41) is 8.87. The molecule has 118 valence electrons. The van der Waals surface area contributed by atoms with E-state index >= 15 is 0 Å². The molecule has 0 unspecified atom stereocenters. The van der Waals surface area contributed by atoms with Crippen LogP contribution in [-0.4, -0.2) is 22.5 Å². The van der Waals surface area contributed by atoms with Gasteiger partial charge in [0, 0.05) is 42.7 Å². The first kappa shape index (κ1) is 16.4. The SMILES string of the molecule is Cc1ccc(CNC(=O)NCCc2csc(C(C)C)n2)cn1. The Morgan fingerprint density at radius 3 is 2.77 bits per heavy atom. The monoisotopic (exact) mass is 318 g/mol. The normalized spacial score (nSPS) is 10.7. The number of urea groups is 1. The van der Waals surface area contributed by atoms with Gasteiger partial charge in [0.2, 0.25) is 0 Å². The van der Waals surface area contributed by atoms with Crippen LogP contribution in [0.5, 0.6) is 0 Å². The first-order valence-electron chi connectivity index (χ1n) is 7.42. The largest absolute Gasteiger partial charge is 0.338 e. The van der Waals surface area contributed by atoms with E-state index in [1.807, 2.05) is 19.1 Å². The minimum atomic E-state index is -0.167.